The van der Waals surface area contributed by atoms with Crippen LogP contribution in [0.2, 0.25) is 0 Å². The van der Waals surface area contributed by atoms with Gasteiger partial charge in [-0.15, -0.1) is 0 Å². The maximum atomic E-state index is 12.1. The van der Waals surface area contributed by atoms with E-state index in [0.29, 0.717) is 38.7 Å². The molecule has 2 N–H and O–H groups in total. The number of ether oxygens (including phenoxy) is 1. The van der Waals surface area contributed by atoms with Gasteiger partial charge in [0.15, 0.2) is 0 Å². The zero-order valence-corrected chi connectivity index (χ0v) is 17.0. The zero-order chi connectivity index (χ0) is 19.9. The molecule has 6 nitrogen and oxygen atoms in total. The van der Waals surface area contributed by atoms with Crippen LogP contribution in [0.15, 0.2) is 24.3 Å². The zero-order valence-electron chi connectivity index (χ0n) is 17.0. The van der Waals surface area contributed by atoms with Crippen LogP contribution in [0.3, 0.4) is 0 Å². The number of likely N-dealkylation sites (tertiary alicyclic amines) is 1. The van der Waals surface area contributed by atoms with Crippen molar-refractivity contribution in [1.29, 1.82) is 0 Å². The van der Waals surface area contributed by atoms with Crippen molar-refractivity contribution in [1.82, 2.24) is 10.2 Å². The molecule has 0 aromatic heterocycles. The van der Waals surface area contributed by atoms with Crippen molar-refractivity contribution in [2.24, 2.45) is 0 Å². The summed E-state index contributed by atoms with van der Waals surface area (Å²) in [6, 6.07) is 8.37. The molecule has 0 radical (unpaired) electrons. The first-order chi connectivity index (χ1) is 12.8. The summed E-state index contributed by atoms with van der Waals surface area (Å²) in [5.74, 6) is 0.00923. The van der Waals surface area contributed by atoms with E-state index in [9.17, 15) is 9.59 Å². The highest BCUT2D eigenvalue weighted by Gasteiger charge is 2.23. The van der Waals surface area contributed by atoms with Crippen LogP contribution in [-0.4, -0.2) is 49.2 Å². The third-order valence-corrected chi connectivity index (χ3v) is 4.84. The van der Waals surface area contributed by atoms with Gasteiger partial charge in [-0.3, -0.25) is 4.79 Å². The number of benzene rings is 1. The Morgan fingerprint density at radius 3 is 2.33 bits per heavy atom. The molecule has 1 aromatic carbocycles. The lowest BCUT2D eigenvalue weighted by Gasteiger charge is -2.31. The number of hydrogen-bond acceptors (Lipinski definition) is 4. The number of rotatable bonds is 6. The first kappa shape index (κ1) is 21.2. The van der Waals surface area contributed by atoms with Gasteiger partial charge in [0.1, 0.15) is 0 Å². The Kier molecular flexibility index (Phi) is 7.66. The second-order valence-electron chi connectivity index (χ2n) is 8.04. The summed E-state index contributed by atoms with van der Waals surface area (Å²) >= 11 is 0. The second kappa shape index (κ2) is 9.74. The van der Waals surface area contributed by atoms with Crippen LogP contribution in [0.5, 0.6) is 0 Å². The van der Waals surface area contributed by atoms with Crippen molar-refractivity contribution < 1.29 is 14.3 Å². The van der Waals surface area contributed by atoms with Crippen molar-refractivity contribution in [3.63, 3.8) is 0 Å². The molecule has 0 aliphatic carbocycles. The fourth-order valence-electron chi connectivity index (χ4n) is 3.15. The quantitative estimate of drug-likeness (QED) is 0.798. The van der Waals surface area contributed by atoms with Gasteiger partial charge >= 0.3 is 6.09 Å². The molecule has 1 aromatic rings. The van der Waals surface area contributed by atoms with Gasteiger partial charge in [0.2, 0.25) is 5.91 Å². The van der Waals surface area contributed by atoms with Crippen molar-refractivity contribution in [2.75, 3.05) is 31.6 Å². The maximum absolute atomic E-state index is 12.1. The van der Waals surface area contributed by atoms with Gasteiger partial charge in [-0.25, -0.2) is 4.79 Å². The first-order valence-corrected chi connectivity index (χ1v) is 9.85. The minimum atomic E-state index is -0.229. The topological polar surface area (TPSA) is 70.7 Å². The number of nitrogens with one attached hydrogen (secondary N) is 2. The van der Waals surface area contributed by atoms with Crippen LogP contribution in [0.1, 0.15) is 52.5 Å². The standard InChI is InChI=1S/C21H33N3O3/c1-5-27-20(26)24-14-11-17(12-15-24)22-13-10-19(25)23-18-8-6-16(7-9-18)21(2,3)4/h6-9,17,22H,5,10-15H2,1-4H3,(H,23,25). The first-order valence-electron chi connectivity index (χ1n) is 9.85. The third-order valence-electron chi connectivity index (χ3n) is 4.84. The highest BCUT2D eigenvalue weighted by Crippen LogP contribution is 2.23. The molecule has 0 bridgehead atoms. The number of anilines is 1. The highest BCUT2D eigenvalue weighted by molar-refractivity contribution is 5.90. The molecule has 0 spiro atoms. The number of carbonyl (C=O) groups is 2. The van der Waals surface area contributed by atoms with Crippen molar-refractivity contribution in [2.45, 2.75) is 58.4 Å². The molecule has 1 saturated heterocycles. The minimum Gasteiger partial charge on any atom is -0.450 e. The molecule has 1 aliphatic rings. The Morgan fingerprint density at radius 2 is 1.78 bits per heavy atom. The van der Waals surface area contributed by atoms with Gasteiger partial charge in [-0.05, 0) is 42.9 Å². The normalized spacial score (nSPS) is 15.5. The smallest absolute Gasteiger partial charge is 0.409 e. The number of hydrogen-bond donors (Lipinski definition) is 2. The van der Waals surface area contributed by atoms with Crippen LogP contribution in [-0.2, 0) is 14.9 Å². The summed E-state index contributed by atoms with van der Waals surface area (Å²) in [5.41, 5.74) is 2.18. The van der Waals surface area contributed by atoms with E-state index in [2.05, 4.69) is 43.5 Å². The summed E-state index contributed by atoms with van der Waals surface area (Å²) < 4.78 is 5.03. The summed E-state index contributed by atoms with van der Waals surface area (Å²) in [5, 5.41) is 6.37. The molecule has 0 unspecified atom stereocenters. The molecule has 0 atom stereocenters. The van der Waals surface area contributed by atoms with Gasteiger partial charge in [-0.2, -0.15) is 0 Å². The fourth-order valence-corrected chi connectivity index (χ4v) is 3.15. The molecule has 150 valence electrons. The predicted molar refractivity (Wildman–Crippen MR) is 108 cm³/mol. The van der Waals surface area contributed by atoms with E-state index in [4.69, 9.17) is 4.74 Å². The Hall–Kier alpha value is -2.08. The average molecular weight is 376 g/mol. The monoisotopic (exact) mass is 375 g/mol. The lowest BCUT2D eigenvalue weighted by molar-refractivity contribution is -0.116. The summed E-state index contributed by atoms with van der Waals surface area (Å²) in [4.78, 5) is 25.6. The second-order valence-corrected chi connectivity index (χ2v) is 8.04. The Labute approximate surface area is 162 Å². The summed E-state index contributed by atoms with van der Waals surface area (Å²) in [6.07, 6.45) is 1.97. The molecule has 1 fully saturated rings. The van der Waals surface area contributed by atoms with Crippen molar-refractivity contribution in [3.8, 4) is 0 Å². The van der Waals surface area contributed by atoms with Crippen molar-refractivity contribution >= 4 is 17.7 Å². The lowest BCUT2D eigenvalue weighted by atomic mass is 9.87. The number of carbonyl (C=O) groups excluding carboxylic acids is 2. The molecule has 1 heterocycles. The van der Waals surface area contributed by atoms with Crippen LogP contribution in [0.4, 0.5) is 10.5 Å². The highest BCUT2D eigenvalue weighted by atomic mass is 16.6. The molecular formula is C21H33N3O3. The van der Waals surface area contributed by atoms with E-state index in [0.717, 1.165) is 18.5 Å². The Bertz CT molecular complexity index is 615. The lowest BCUT2D eigenvalue weighted by Crippen LogP contribution is -2.45. The van der Waals surface area contributed by atoms with E-state index in [1.54, 1.807) is 4.90 Å². The van der Waals surface area contributed by atoms with E-state index in [-0.39, 0.29) is 17.4 Å². The minimum absolute atomic E-state index is 0.00923. The number of piperidine rings is 1. The van der Waals surface area contributed by atoms with Gasteiger partial charge in [0.25, 0.3) is 0 Å². The number of amides is 2. The van der Waals surface area contributed by atoms with E-state index >= 15 is 0 Å². The maximum Gasteiger partial charge on any atom is 0.409 e. The molecule has 27 heavy (non-hydrogen) atoms. The SMILES string of the molecule is CCOC(=O)N1CCC(NCCC(=O)Nc2ccc(C(C)(C)C)cc2)CC1. The predicted octanol–water partition coefficient (Wildman–Crippen LogP) is 3.52. The van der Waals surface area contributed by atoms with Gasteiger partial charge in [0, 0.05) is 37.8 Å². The van der Waals surface area contributed by atoms with Crippen LogP contribution in [0.25, 0.3) is 0 Å². The molecule has 1 aliphatic heterocycles. The van der Waals surface area contributed by atoms with Crippen LogP contribution >= 0.6 is 0 Å². The largest absolute Gasteiger partial charge is 0.450 e. The van der Waals surface area contributed by atoms with Gasteiger partial charge < -0.3 is 20.3 Å². The van der Waals surface area contributed by atoms with Crippen LogP contribution in [0, 0.1) is 0 Å². The Balaban J connectivity index is 1.66. The van der Waals surface area contributed by atoms with Gasteiger partial charge in [-0.1, -0.05) is 32.9 Å². The average Bonchev–Trinajstić information content (AvgIpc) is 2.62. The molecular weight excluding hydrogens is 342 g/mol. The molecule has 0 saturated carbocycles. The van der Waals surface area contributed by atoms with Crippen LogP contribution < -0.4 is 10.6 Å². The fraction of sp³-hybridized carbons (Fsp3) is 0.619. The van der Waals surface area contributed by atoms with Gasteiger partial charge in [0.05, 0.1) is 6.61 Å². The van der Waals surface area contributed by atoms with E-state index in [1.807, 2.05) is 19.1 Å². The summed E-state index contributed by atoms with van der Waals surface area (Å²) in [7, 11) is 0. The van der Waals surface area contributed by atoms with E-state index in [1.165, 1.54) is 5.56 Å². The molecule has 2 amide bonds. The third kappa shape index (κ3) is 6.86. The molecule has 6 heteroatoms. The molecule has 2 rings (SSSR count). The number of nitrogens with zero attached hydrogens (tertiary/aromatic N) is 1. The van der Waals surface area contributed by atoms with E-state index < -0.39 is 0 Å². The Morgan fingerprint density at radius 1 is 1.15 bits per heavy atom. The summed E-state index contributed by atoms with van der Waals surface area (Å²) in [6.45, 7) is 10.8. The van der Waals surface area contributed by atoms with Crippen molar-refractivity contribution in [3.05, 3.63) is 29.8 Å².